The Morgan fingerprint density at radius 3 is 1.43 bits per heavy atom. The van der Waals surface area contributed by atoms with Crippen LogP contribution in [0.15, 0.2) is 36.6 Å². The van der Waals surface area contributed by atoms with Crippen LogP contribution in [0.5, 0.6) is 0 Å². The molecule has 2 unspecified atom stereocenters. The molecule has 0 aromatic heterocycles. The molecule has 0 aromatic rings. The molecule has 9 heteroatoms. The molecule has 1 aliphatic rings. The molecule has 1 rings (SSSR count). The first-order valence-corrected chi connectivity index (χ1v) is 8.92. The third-order valence-electron chi connectivity index (χ3n) is 4.34. The van der Waals surface area contributed by atoms with Gasteiger partial charge in [-0.25, -0.2) is 4.85 Å². The van der Waals surface area contributed by atoms with E-state index < -0.39 is 35.7 Å². The van der Waals surface area contributed by atoms with Crippen molar-refractivity contribution in [2.75, 3.05) is 19.8 Å². The van der Waals surface area contributed by atoms with Crippen LogP contribution in [0.1, 0.15) is 19.3 Å². The van der Waals surface area contributed by atoms with E-state index in [2.05, 4.69) is 24.6 Å². The lowest BCUT2D eigenvalue weighted by Gasteiger charge is -2.31. The zero-order chi connectivity index (χ0) is 22.7. The normalized spacial score (nSPS) is 19.7. The summed E-state index contributed by atoms with van der Waals surface area (Å²) in [6.07, 6.45) is 0.236. The minimum absolute atomic E-state index is 0.0381. The van der Waals surface area contributed by atoms with Gasteiger partial charge in [-0.05, 0) is 19.3 Å². The van der Waals surface area contributed by atoms with Crippen LogP contribution in [-0.4, -0.2) is 37.7 Å². The average Bonchev–Trinajstić information content (AvgIpc) is 2.77. The first kappa shape index (κ1) is 24.1. The Kier molecular flexibility index (Phi) is 9.52. The first-order chi connectivity index (χ1) is 14.2. The second kappa shape index (κ2) is 11.8. The van der Waals surface area contributed by atoms with Crippen LogP contribution >= 0.6 is 0 Å². The van der Waals surface area contributed by atoms with Crippen LogP contribution in [0, 0.1) is 47.0 Å². The van der Waals surface area contributed by atoms with Crippen LogP contribution in [0.4, 0.5) is 0 Å². The standard InChI is InChI=1S/C21H21N3O6/c1-13(8-22)10-28-19(25)16-5-17(20(26)29-11-14(2)9-23)7-18(6-16)21(27)30-12-15(3)24-4/h16-18H,1-3,5-7,10-12H2. The highest BCUT2D eigenvalue weighted by molar-refractivity contribution is 5.80. The van der Waals surface area contributed by atoms with Gasteiger partial charge in [0.15, 0.2) is 5.70 Å². The number of rotatable bonds is 9. The Bertz CT molecular complexity index is 751. The first-order valence-electron chi connectivity index (χ1n) is 8.92. The van der Waals surface area contributed by atoms with Crippen molar-refractivity contribution in [3.05, 3.63) is 48.0 Å². The van der Waals surface area contributed by atoms with Crippen LogP contribution in [-0.2, 0) is 28.6 Å². The van der Waals surface area contributed by atoms with Crippen molar-refractivity contribution in [1.82, 2.24) is 0 Å². The van der Waals surface area contributed by atoms with Gasteiger partial charge in [0, 0.05) is 0 Å². The van der Waals surface area contributed by atoms with E-state index in [1.807, 2.05) is 0 Å². The zero-order valence-electron chi connectivity index (χ0n) is 16.4. The summed E-state index contributed by atoms with van der Waals surface area (Å²) in [5.41, 5.74) is 0.147. The third kappa shape index (κ3) is 7.61. The van der Waals surface area contributed by atoms with Gasteiger partial charge in [-0.1, -0.05) is 19.7 Å². The van der Waals surface area contributed by atoms with Gasteiger partial charge in [0.1, 0.15) is 19.8 Å². The van der Waals surface area contributed by atoms with Gasteiger partial charge in [-0.2, -0.15) is 10.5 Å². The fourth-order valence-electron chi connectivity index (χ4n) is 2.82. The number of carbonyl (C=O) groups is 3. The van der Waals surface area contributed by atoms with Gasteiger partial charge < -0.3 is 14.2 Å². The van der Waals surface area contributed by atoms with Crippen LogP contribution in [0.25, 0.3) is 4.85 Å². The summed E-state index contributed by atoms with van der Waals surface area (Å²) >= 11 is 0. The molecule has 0 saturated heterocycles. The SMILES string of the molecule is [C-]#[N+]C(=C)COC(=O)C1CC(C(=O)OCC(=C)C#N)CC(C(=O)OCC(=C)C#N)C1. The molecule has 0 spiro atoms. The summed E-state index contributed by atoms with van der Waals surface area (Å²) in [6.45, 7) is 16.2. The Hall–Kier alpha value is -3.90. The van der Waals surface area contributed by atoms with E-state index in [9.17, 15) is 14.4 Å². The molecular formula is C21H21N3O6. The van der Waals surface area contributed by atoms with Gasteiger partial charge in [0.25, 0.3) is 0 Å². The predicted molar refractivity (Wildman–Crippen MR) is 102 cm³/mol. The van der Waals surface area contributed by atoms with E-state index >= 15 is 0 Å². The molecule has 0 heterocycles. The number of nitrogens with zero attached hydrogens (tertiary/aromatic N) is 3. The molecule has 0 amide bonds. The smallest absolute Gasteiger partial charge is 0.309 e. The van der Waals surface area contributed by atoms with Crippen molar-refractivity contribution in [1.29, 1.82) is 10.5 Å². The molecule has 0 N–H and O–H groups in total. The summed E-state index contributed by atoms with van der Waals surface area (Å²) < 4.78 is 15.1. The van der Waals surface area contributed by atoms with Crippen LogP contribution in [0.3, 0.4) is 0 Å². The van der Waals surface area contributed by atoms with Crippen molar-refractivity contribution in [3.8, 4) is 12.1 Å². The molecule has 0 bridgehead atoms. The predicted octanol–water partition coefficient (Wildman–Crippen LogP) is 2.24. The maximum Gasteiger partial charge on any atom is 0.309 e. The molecule has 0 aromatic carbocycles. The highest BCUT2D eigenvalue weighted by Gasteiger charge is 2.41. The molecule has 1 saturated carbocycles. The van der Waals surface area contributed by atoms with Gasteiger partial charge >= 0.3 is 17.9 Å². The van der Waals surface area contributed by atoms with Gasteiger partial charge in [0.05, 0.1) is 47.6 Å². The maximum absolute atomic E-state index is 12.4. The van der Waals surface area contributed by atoms with Crippen molar-refractivity contribution in [2.24, 2.45) is 17.8 Å². The molecule has 1 fully saturated rings. The van der Waals surface area contributed by atoms with E-state index in [4.69, 9.17) is 31.3 Å². The molecular weight excluding hydrogens is 390 g/mol. The van der Waals surface area contributed by atoms with Gasteiger partial charge in [0.2, 0.25) is 0 Å². The summed E-state index contributed by atoms with van der Waals surface area (Å²) in [5, 5.41) is 17.4. The van der Waals surface area contributed by atoms with E-state index in [0.717, 1.165) is 0 Å². The third-order valence-corrected chi connectivity index (χ3v) is 4.34. The van der Waals surface area contributed by atoms with Gasteiger partial charge in [-0.15, -0.1) is 0 Å². The monoisotopic (exact) mass is 411 g/mol. The van der Waals surface area contributed by atoms with Crippen LogP contribution in [0.2, 0.25) is 0 Å². The Morgan fingerprint density at radius 2 is 1.13 bits per heavy atom. The lowest BCUT2D eigenvalue weighted by atomic mass is 9.75. The molecule has 0 aliphatic heterocycles. The Labute approximate surface area is 174 Å². The highest BCUT2D eigenvalue weighted by atomic mass is 16.5. The number of carbonyl (C=O) groups excluding carboxylic acids is 3. The number of hydrogen-bond donors (Lipinski definition) is 0. The Morgan fingerprint density at radius 1 is 0.800 bits per heavy atom. The Balaban J connectivity index is 2.88. The van der Waals surface area contributed by atoms with Gasteiger partial charge in [-0.3, -0.25) is 14.4 Å². The molecule has 156 valence electrons. The minimum atomic E-state index is -0.802. The quantitative estimate of drug-likeness (QED) is 0.244. The topological polar surface area (TPSA) is 131 Å². The average molecular weight is 411 g/mol. The van der Waals surface area contributed by atoms with E-state index in [1.54, 1.807) is 12.1 Å². The summed E-state index contributed by atoms with van der Waals surface area (Å²) in [5.74, 6) is -4.42. The molecule has 30 heavy (non-hydrogen) atoms. The highest BCUT2D eigenvalue weighted by Crippen LogP contribution is 2.36. The van der Waals surface area contributed by atoms with Crippen molar-refractivity contribution < 1.29 is 28.6 Å². The van der Waals surface area contributed by atoms with E-state index in [1.165, 1.54) is 0 Å². The molecule has 9 nitrogen and oxygen atoms in total. The lowest BCUT2D eigenvalue weighted by Crippen LogP contribution is -2.37. The van der Waals surface area contributed by atoms with Crippen LogP contribution < -0.4 is 0 Å². The fraction of sp³-hybridized carbons (Fsp3) is 0.429. The number of hydrogen-bond acceptors (Lipinski definition) is 8. The fourth-order valence-corrected chi connectivity index (χ4v) is 2.82. The largest absolute Gasteiger partial charge is 0.472 e. The lowest BCUT2D eigenvalue weighted by molar-refractivity contribution is -0.159. The summed E-state index contributed by atoms with van der Waals surface area (Å²) in [6, 6.07) is 3.51. The van der Waals surface area contributed by atoms with E-state index in [0.29, 0.717) is 0 Å². The molecule has 1 aliphatic carbocycles. The van der Waals surface area contributed by atoms with Crippen molar-refractivity contribution in [3.63, 3.8) is 0 Å². The second-order valence-corrected chi connectivity index (χ2v) is 6.73. The molecule has 2 atom stereocenters. The maximum atomic E-state index is 12.4. The minimum Gasteiger partial charge on any atom is -0.472 e. The number of esters is 3. The summed E-state index contributed by atoms with van der Waals surface area (Å²) in [7, 11) is 0. The van der Waals surface area contributed by atoms with E-state index in [-0.39, 0.29) is 55.9 Å². The number of ether oxygens (including phenoxy) is 3. The zero-order valence-corrected chi connectivity index (χ0v) is 16.4. The van der Waals surface area contributed by atoms with Crippen molar-refractivity contribution >= 4 is 17.9 Å². The molecule has 0 radical (unpaired) electrons. The second-order valence-electron chi connectivity index (χ2n) is 6.73. The van der Waals surface area contributed by atoms with Crippen molar-refractivity contribution in [2.45, 2.75) is 19.3 Å². The summed E-state index contributed by atoms with van der Waals surface area (Å²) in [4.78, 5) is 40.2. The number of nitriles is 2.